The van der Waals surface area contributed by atoms with E-state index in [2.05, 4.69) is 59.8 Å². The quantitative estimate of drug-likeness (QED) is 0.420. The molecule has 2 rings (SSSR count). The maximum Gasteiger partial charge on any atom is 0.191 e. The first-order valence-electron chi connectivity index (χ1n) is 9.88. The zero-order valence-corrected chi connectivity index (χ0v) is 16.1. The number of benzene rings is 1. The number of ether oxygens (including phenoxy) is 1. The highest BCUT2D eigenvalue weighted by atomic mass is 16.5. The van der Waals surface area contributed by atoms with Crippen LogP contribution in [0.2, 0.25) is 0 Å². The van der Waals surface area contributed by atoms with E-state index in [1.807, 2.05) is 7.05 Å². The number of guanidine groups is 1. The molecule has 0 bridgehead atoms. The summed E-state index contributed by atoms with van der Waals surface area (Å²) in [5.41, 5.74) is 1.28. The Balaban J connectivity index is 1.84. The lowest BCUT2D eigenvalue weighted by molar-refractivity contribution is -0.0265. The molecule has 1 fully saturated rings. The summed E-state index contributed by atoms with van der Waals surface area (Å²) in [5, 5.41) is 7.04. The summed E-state index contributed by atoms with van der Waals surface area (Å²) >= 11 is 0. The van der Waals surface area contributed by atoms with Gasteiger partial charge in [-0.15, -0.1) is 0 Å². The predicted octanol–water partition coefficient (Wildman–Crippen LogP) is 4.29. The third kappa shape index (κ3) is 6.69. The van der Waals surface area contributed by atoms with Crippen LogP contribution in [0.1, 0.15) is 64.0 Å². The Hall–Kier alpha value is -1.55. The van der Waals surface area contributed by atoms with Gasteiger partial charge in [0.1, 0.15) is 0 Å². The molecule has 0 spiro atoms. The molecule has 0 radical (unpaired) electrons. The Labute approximate surface area is 153 Å². The molecule has 3 atom stereocenters. The molecule has 0 aromatic heterocycles. The van der Waals surface area contributed by atoms with Crippen molar-refractivity contribution in [3.63, 3.8) is 0 Å². The van der Waals surface area contributed by atoms with Gasteiger partial charge in [-0.25, -0.2) is 0 Å². The van der Waals surface area contributed by atoms with Crippen LogP contribution in [-0.4, -0.2) is 32.2 Å². The van der Waals surface area contributed by atoms with E-state index in [4.69, 9.17) is 4.74 Å². The lowest BCUT2D eigenvalue weighted by atomic mass is 9.89. The molecule has 25 heavy (non-hydrogen) atoms. The van der Waals surface area contributed by atoms with E-state index in [1.54, 1.807) is 0 Å². The molecule has 3 unspecified atom stereocenters. The number of nitrogens with zero attached hydrogens (tertiary/aromatic N) is 1. The van der Waals surface area contributed by atoms with Crippen LogP contribution in [0.5, 0.6) is 0 Å². The second-order valence-electron chi connectivity index (χ2n) is 7.10. The Morgan fingerprint density at radius 1 is 1.28 bits per heavy atom. The van der Waals surface area contributed by atoms with Crippen molar-refractivity contribution in [3.8, 4) is 0 Å². The normalized spacial score (nSPS) is 22.4. The topological polar surface area (TPSA) is 45.7 Å². The van der Waals surface area contributed by atoms with Crippen LogP contribution in [0.3, 0.4) is 0 Å². The van der Waals surface area contributed by atoms with Crippen molar-refractivity contribution < 1.29 is 4.74 Å². The van der Waals surface area contributed by atoms with Gasteiger partial charge in [0.2, 0.25) is 0 Å². The van der Waals surface area contributed by atoms with Crippen LogP contribution in [0.15, 0.2) is 35.3 Å². The average molecular weight is 346 g/mol. The van der Waals surface area contributed by atoms with Crippen LogP contribution < -0.4 is 10.6 Å². The molecule has 4 heteroatoms. The van der Waals surface area contributed by atoms with Gasteiger partial charge in [0, 0.05) is 32.2 Å². The first kappa shape index (κ1) is 19.8. The fourth-order valence-corrected chi connectivity index (χ4v) is 3.49. The molecule has 0 saturated carbocycles. The van der Waals surface area contributed by atoms with Crippen LogP contribution in [-0.2, 0) is 4.74 Å². The van der Waals surface area contributed by atoms with Gasteiger partial charge in [-0.1, -0.05) is 56.5 Å². The van der Waals surface area contributed by atoms with Gasteiger partial charge in [-0.05, 0) is 31.7 Å². The maximum atomic E-state index is 6.09. The molecule has 1 aromatic carbocycles. The van der Waals surface area contributed by atoms with Gasteiger partial charge >= 0.3 is 0 Å². The summed E-state index contributed by atoms with van der Waals surface area (Å²) in [6.07, 6.45) is 7.54. The standard InChI is InChI=1S/C21H35N3O/c1-4-5-7-11-17(2)24-21(22-3)23-16-19-14-10-15-25-20(19)18-12-8-6-9-13-18/h6,8-9,12-13,17,19-20H,4-5,7,10-11,14-16H2,1-3H3,(H2,22,23,24). The van der Waals surface area contributed by atoms with Crippen LogP contribution >= 0.6 is 0 Å². The Bertz CT molecular complexity index is 503. The number of nitrogens with one attached hydrogen (secondary N) is 2. The highest BCUT2D eigenvalue weighted by Crippen LogP contribution is 2.32. The van der Waals surface area contributed by atoms with E-state index in [9.17, 15) is 0 Å². The van der Waals surface area contributed by atoms with Gasteiger partial charge in [0.25, 0.3) is 0 Å². The van der Waals surface area contributed by atoms with Crippen molar-refractivity contribution in [2.24, 2.45) is 10.9 Å². The average Bonchev–Trinajstić information content (AvgIpc) is 2.66. The number of rotatable bonds is 8. The van der Waals surface area contributed by atoms with Crippen molar-refractivity contribution in [2.75, 3.05) is 20.2 Å². The molecule has 1 aliphatic rings. The molecule has 4 nitrogen and oxygen atoms in total. The van der Waals surface area contributed by atoms with Crippen molar-refractivity contribution in [1.29, 1.82) is 0 Å². The second kappa shape index (κ2) is 11.1. The first-order chi connectivity index (χ1) is 12.2. The van der Waals surface area contributed by atoms with E-state index in [0.717, 1.165) is 25.5 Å². The summed E-state index contributed by atoms with van der Waals surface area (Å²) in [6, 6.07) is 11.0. The molecule has 1 heterocycles. The predicted molar refractivity (Wildman–Crippen MR) is 106 cm³/mol. The van der Waals surface area contributed by atoms with Gasteiger partial charge in [0.05, 0.1) is 6.10 Å². The zero-order valence-electron chi connectivity index (χ0n) is 16.1. The SMILES string of the molecule is CCCCCC(C)NC(=NC)NCC1CCCOC1c1ccccc1. The Morgan fingerprint density at radius 2 is 2.08 bits per heavy atom. The number of hydrogen-bond acceptors (Lipinski definition) is 2. The van der Waals surface area contributed by atoms with Gasteiger partial charge < -0.3 is 15.4 Å². The van der Waals surface area contributed by atoms with Gasteiger partial charge in [-0.2, -0.15) is 0 Å². The summed E-state index contributed by atoms with van der Waals surface area (Å²) < 4.78 is 6.09. The third-order valence-electron chi connectivity index (χ3n) is 4.95. The third-order valence-corrected chi connectivity index (χ3v) is 4.95. The Kier molecular flexibility index (Phi) is 8.81. The van der Waals surface area contributed by atoms with Crippen LogP contribution in [0, 0.1) is 5.92 Å². The molecular formula is C21H35N3O. The molecule has 0 amide bonds. The number of hydrogen-bond donors (Lipinski definition) is 2. The minimum atomic E-state index is 0.183. The van der Waals surface area contributed by atoms with Crippen LogP contribution in [0.4, 0.5) is 0 Å². The largest absolute Gasteiger partial charge is 0.373 e. The van der Waals surface area contributed by atoms with E-state index in [0.29, 0.717) is 12.0 Å². The molecule has 1 saturated heterocycles. The van der Waals surface area contributed by atoms with E-state index >= 15 is 0 Å². The Morgan fingerprint density at radius 3 is 2.80 bits per heavy atom. The highest BCUT2D eigenvalue weighted by Gasteiger charge is 2.27. The summed E-state index contributed by atoms with van der Waals surface area (Å²) in [7, 11) is 1.85. The summed E-state index contributed by atoms with van der Waals surface area (Å²) in [6.45, 7) is 6.23. The molecule has 2 N–H and O–H groups in total. The van der Waals surface area contributed by atoms with Crippen molar-refractivity contribution in [3.05, 3.63) is 35.9 Å². The van der Waals surface area contributed by atoms with Crippen molar-refractivity contribution in [2.45, 2.75) is 64.5 Å². The lowest BCUT2D eigenvalue weighted by Gasteiger charge is -2.33. The second-order valence-corrected chi connectivity index (χ2v) is 7.10. The monoisotopic (exact) mass is 345 g/mol. The molecule has 1 aliphatic heterocycles. The van der Waals surface area contributed by atoms with Crippen molar-refractivity contribution >= 4 is 5.96 Å². The molecule has 1 aromatic rings. The first-order valence-corrected chi connectivity index (χ1v) is 9.88. The maximum absolute atomic E-state index is 6.09. The fourth-order valence-electron chi connectivity index (χ4n) is 3.49. The molecule has 140 valence electrons. The zero-order chi connectivity index (χ0) is 17.9. The minimum Gasteiger partial charge on any atom is -0.373 e. The smallest absolute Gasteiger partial charge is 0.191 e. The van der Waals surface area contributed by atoms with Crippen LogP contribution in [0.25, 0.3) is 0 Å². The lowest BCUT2D eigenvalue weighted by Crippen LogP contribution is -2.45. The van der Waals surface area contributed by atoms with Crippen molar-refractivity contribution in [1.82, 2.24) is 10.6 Å². The molecular weight excluding hydrogens is 310 g/mol. The van der Waals surface area contributed by atoms with E-state index in [1.165, 1.54) is 37.7 Å². The fraction of sp³-hybridized carbons (Fsp3) is 0.667. The number of aliphatic imine (C=N–C) groups is 1. The number of unbranched alkanes of at least 4 members (excludes halogenated alkanes) is 2. The minimum absolute atomic E-state index is 0.183. The van der Waals surface area contributed by atoms with Gasteiger partial charge in [-0.3, -0.25) is 4.99 Å². The summed E-state index contributed by atoms with van der Waals surface area (Å²) in [4.78, 5) is 4.39. The van der Waals surface area contributed by atoms with E-state index in [-0.39, 0.29) is 6.10 Å². The van der Waals surface area contributed by atoms with Gasteiger partial charge in [0.15, 0.2) is 5.96 Å². The summed E-state index contributed by atoms with van der Waals surface area (Å²) in [5.74, 6) is 1.38. The van der Waals surface area contributed by atoms with E-state index < -0.39 is 0 Å². The highest BCUT2D eigenvalue weighted by molar-refractivity contribution is 5.79. The molecule has 0 aliphatic carbocycles.